The first-order chi connectivity index (χ1) is 15.5. The van der Waals surface area contributed by atoms with Crippen molar-refractivity contribution in [3.05, 3.63) is 87.4 Å². The number of halogens is 2. The summed E-state index contributed by atoms with van der Waals surface area (Å²) in [5, 5.41) is 0.876. The van der Waals surface area contributed by atoms with Crippen molar-refractivity contribution >= 4 is 29.1 Å². The number of carbonyl (C=O) groups excluding carboxylic acids is 1. The maximum Gasteiger partial charge on any atom is 0.261 e. The van der Waals surface area contributed by atoms with Gasteiger partial charge in [0.2, 0.25) is 0 Å². The number of nitrogens with zero attached hydrogens (tertiary/aromatic N) is 1. The van der Waals surface area contributed by atoms with Crippen LogP contribution in [0.5, 0.6) is 17.2 Å². The highest BCUT2D eigenvalue weighted by atomic mass is 35.5. The number of hydrogen-bond donors (Lipinski definition) is 0. The molecule has 4 rings (SSSR count). The molecule has 5 nitrogen and oxygen atoms in total. The molecule has 3 aromatic carbocycles. The van der Waals surface area contributed by atoms with Crippen LogP contribution in [0.25, 0.3) is 0 Å². The Morgan fingerprint density at radius 1 is 0.969 bits per heavy atom. The smallest absolute Gasteiger partial charge is 0.261 e. The van der Waals surface area contributed by atoms with E-state index in [0.717, 1.165) is 16.7 Å². The fraction of sp³-hybridized carbons (Fsp3) is 0.240. The number of ether oxygens (including phenoxy) is 3. The molecule has 1 aliphatic rings. The van der Waals surface area contributed by atoms with Gasteiger partial charge in [0, 0.05) is 11.6 Å². The van der Waals surface area contributed by atoms with Crippen LogP contribution in [0.15, 0.2) is 60.7 Å². The number of rotatable bonds is 6. The summed E-state index contributed by atoms with van der Waals surface area (Å²) in [6.45, 7) is 0.423. The first-order valence-corrected chi connectivity index (χ1v) is 10.9. The Morgan fingerprint density at radius 3 is 2.38 bits per heavy atom. The van der Waals surface area contributed by atoms with Gasteiger partial charge in [0.1, 0.15) is 5.75 Å². The van der Waals surface area contributed by atoms with Crippen molar-refractivity contribution in [2.24, 2.45) is 0 Å². The van der Waals surface area contributed by atoms with Crippen molar-refractivity contribution in [2.75, 3.05) is 27.4 Å². The molecule has 7 heteroatoms. The largest absolute Gasteiger partial charge is 0.493 e. The van der Waals surface area contributed by atoms with E-state index >= 15 is 0 Å². The molecule has 0 N–H and O–H groups in total. The van der Waals surface area contributed by atoms with Crippen molar-refractivity contribution in [1.82, 2.24) is 4.90 Å². The van der Waals surface area contributed by atoms with E-state index in [2.05, 4.69) is 0 Å². The standard InChI is InChI=1S/C25H23Cl2NO4/c1-30-22-12-17-10-11-28(24(29)15-32-21-9-8-18(26)13-20(21)27)25(16-6-4-3-5-7-16)19(17)14-23(22)31-2/h3-9,12-14,25H,10-11,15H2,1-2H3/t25-/m0/s1. The molecule has 1 aliphatic heterocycles. The van der Waals surface area contributed by atoms with Gasteiger partial charge in [-0.1, -0.05) is 53.5 Å². The maximum atomic E-state index is 13.3. The molecule has 1 heterocycles. The van der Waals surface area contributed by atoms with Crippen LogP contribution >= 0.6 is 23.2 Å². The van der Waals surface area contributed by atoms with Gasteiger partial charge < -0.3 is 19.1 Å². The summed E-state index contributed by atoms with van der Waals surface area (Å²) in [5.41, 5.74) is 3.15. The van der Waals surface area contributed by atoms with Gasteiger partial charge in [0.05, 0.1) is 25.3 Å². The number of carbonyl (C=O) groups is 1. The van der Waals surface area contributed by atoms with Crippen LogP contribution in [0.1, 0.15) is 22.7 Å². The lowest BCUT2D eigenvalue weighted by molar-refractivity contribution is -0.135. The third-order valence-electron chi connectivity index (χ3n) is 5.55. The van der Waals surface area contributed by atoms with Gasteiger partial charge in [-0.3, -0.25) is 4.79 Å². The first kappa shape index (κ1) is 22.3. The minimum Gasteiger partial charge on any atom is -0.493 e. The maximum absolute atomic E-state index is 13.3. The zero-order valence-electron chi connectivity index (χ0n) is 17.8. The lowest BCUT2D eigenvalue weighted by atomic mass is 9.87. The van der Waals surface area contributed by atoms with Gasteiger partial charge in [-0.2, -0.15) is 0 Å². The topological polar surface area (TPSA) is 48.0 Å². The summed E-state index contributed by atoms with van der Waals surface area (Å²) in [5.74, 6) is 1.60. The Morgan fingerprint density at radius 2 is 1.69 bits per heavy atom. The van der Waals surface area contributed by atoms with Gasteiger partial charge in [-0.15, -0.1) is 0 Å². The zero-order valence-corrected chi connectivity index (χ0v) is 19.3. The summed E-state index contributed by atoms with van der Waals surface area (Å²) in [6.07, 6.45) is 0.701. The van der Waals surface area contributed by atoms with Crippen LogP contribution in [0.4, 0.5) is 0 Å². The lowest BCUT2D eigenvalue weighted by Crippen LogP contribution is -2.43. The van der Waals surface area contributed by atoms with E-state index in [4.69, 9.17) is 37.4 Å². The van der Waals surface area contributed by atoms with E-state index in [0.29, 0.717) is 40.3 Å². The number of amides is 1. The molecule has 0 aromatic heterocycles. The van der Waals surface area contributed by atoms with Crippen molar-refractivity contribution in [2.45, 2.75) is 12.5 Å². The third kappa shape index (κ3) is 4.50. The molecule has 0 saturated carbocycles. The number of benzene rings is 3. The van der Waals surface area contributed by atoms with E-state index < -0.39 is 0 Å². The molecule has 0 unspecified atom stereocenters. The predicted octanol–water partition coefficient (Wildman–Crippen LogP) is 5.56. The van der Waals surface area contributed by atoms with Crippen molar-refractivity contribution in [1.29, 1.82) is 0 Å². The quantitative estimate of drug-likeness (QED) is 0.471. The Bertz CT molecular complexity index is 1120. The number of fused-ring (bicyclic) bond motifs is 1. The van der Waals surface area contributed by atoms with Crippen LogP contribution in [0.3, 0.4) is 0 Å². The molecule has 1 atom stereocenters. The second kappa shape index (κ2) is 9.72. The monoisotopic (exact) mass is 471 g/mol. The van der Waals surface area contributed by atoms with Crippen LogP contribution in [-0.2, 0) is 11.2 Å². The van der Waals surface area contributed by atoms with Gasteiger partial charge in [0.25, 0.3) is 5.91 Å². The molecule has 0 fully saturated rings. The Kier molecular flexibility index (Phi) is 6.77. The summed E-state index contributed by atoms with van der Waals surface area (Å²) in [6, 6.07) is 18.6. The summed E-state index contributed by atoms with van der Waals surface area (Å²) in [4.78, 5) is 15.1. The van der Waals surface area contributed by atoms with Crippen LogP contribution in [0.2, 0.25) is 10.0 Å². The SMILES string of the molecule is COc1cc2c(cc1OC)[C@H](c1ccccc1)N(C(=O)COc1ccc(Cl)cc1Cl)CC2. The van der Waals surface area contributed by atoms with Gasteiger partial charge in [-0.05, 0) is 53.4 Å². The highest BCUT2D eigenvalue weighted by Crippen LogP contribution is 2.41. The molecule has 0 bridgehead atoms. The Hall–Kier alpha value is -2.89. The molecular weight excluding hydrogens is 449 g/mol. The minimum absolute atomic E-state index is 0.132. The highest BCUT2D eigenvalue weighted by molar-refractivity contribution is 6.35. The number of hydrogen-bond acceptors (Lipinski definition) is 4. The van der Waals surface area contributed by atoms with Crippen molar-refractivity contribution in [3.8, 4) is 17.2 Å². The highest BCUT2D eigenvalue weighted by Gasteiger charge is 2.33. The molecular formula is C25H23Cl2NO4. The predicted molar refractivity (Wildman–Crippen MR) is 125 cm³/mol. The molecule has 0 spiro atoms. The lowest BCUT2D eigenvalue weighted by Gasteiger charge is -2.38. The van der Waals surface area contributed by atoms with E-state index in [1.54, 1.807) is 32.4 Å². The van der Waals surface area contributed by atoms with E-state index in [9.17, 15) is 4.79 Å². The van der Waals surface area contributed by atoms with Crippen molar-refractivity contribution in [3.63, 3.8) is 0 Å². The van der Waals surface area contributed by atoms with Crippen LogP contribution < -0.4 is 14.2 Å². The van der Waals surface area contributed by atoms with Crippen LogP contribution in [-0.4, -0.2) is 38.2 Å². The van der Waals surface area contributed by atoms with Gasteiger partial charge in [0.15, 0.2) is 18.1 Å². The summed E-state index contributed by atoms with van der Waals surface area (Å²) < 4.78 is 16.7. The molecule has 0 aliphatic carbocycles. The van der Waals surface area contributed by atoms with E-state index in [1.165, 1.54) is 0 Å². The fourth-order valence-corrected chi connectivity index (χ4v) is 4.49. The summed E-state index contributed by atoms with van der Waals surface area (Å²) >= 11 is 12.1. The second-order valence-electron chi connectivity index (χ2n) is 7.42. The molecule has 1 amide bonds. The molecule has 0 radical (unpaired) electrons. The van der Waals surface area contributed by atoms with Crippen molar-refractivity contribution < 1.29 is 19.0 Å². The average Bonchev–Trinajstić information content (AvgIpc) is 2.82. The molecule has 166 valence electrons. The Balaban J connectivity index is 1.66. The fourth-order valence-electron chi connectivity index (χ4n) is 4.02. The second-order valence-corrected chi connectivity index (χ2v) is 8.26. The van der Waals surface area contributed by atoms with Crippen LogP contribution in [0, 0.1) is 0 Å². The van der Waals surface area contributed by atoms with E-state index in [1.807, 2.05) is 47.4 Å². The summed E-state index contributed by atoms with van der Waals surface area (Å²) in [7, 11) is 3.23. The third-order valence-corrected chi connectivity index (χ3v) is 6.08. The Labute approximate surface area is 197 Å². The average molecular weight is 472 g/mol. The minimum atomic E-state index is -0.267. The van der Waals surface area contributed by atoms with Gasteiger partial charge >= 0.3 is 0 Å². The molecule has 0 saturated heterocycles. The normalized spacial score (nSPS) is 15.1. The van der Waals surface area contributed by atoms with E-state index in [-0.39, 0.29) is 18.6 Å². The molecule has 32 heavy (non-hydrogen) atoms. The van der Waals surface area contributed by atoms with Gasteiger partial charge in [-0.25, -0.2) is 0 Å². The zero-order chi connectivity index (χ0) is 22.7. The first-order valence-electron chi connectivity index (χ1n) is 10.2. The molecule has 3 aromatic rings. The number of methoxy groups -OCH3 is 2.